The normalized spacial score (nSPS) is 11.6. The van der Waals surface area contributed by atoms with Crippen LogP contribution in [0.4, 0.5) is 5.69 Å². The van der Waals surface area contributed by atoms with E-state index in [9.17, 15) is 4.79 Å². The molecule has 0 aliphatic heterocycles. The van der Waals surface area contributed by atoms with Crippen LogP contribution in [0.15, 0.2) is 60.7 Å². The number of benzene rings is 2. The van der Waals surface area contributed by atoms with Crippen LogP contribution in [-0.2, 0) is 16.2 Å². The van der Waals surface area contributed by atoms with E-state index in [1.165, 1.54) is 11.8 Å². The highest BCUT2D eigenvalue weighted by Gasteiger charge is 2.16. The first-order valence-electron chi connectivity index (χ1n) is 7.32. The van der Waals surface area contributed by atoms with Crippen LogP contribution in [0.1, 0.15) is 19.4 Å². The van der Waals surface area contributed by atoms with Crippen molar-refractivity contribution in [2.45, 2.75) is 25.6 Å². The largest absolute Gasteiger partial charge is 0.360 e. The quantitative estimate of drug-likeness (QED) is 0.563. The summed E-state index contributed by atoms with van der Waals surface area (Å²) in [6.45, 7) is 3.95. The van der Waals surface area contributed by atoms with Gasteiger partial charge in [-0.1, -0.05) is 60.3 Å². The van der Waals surface area contributed by atoms with Crippen molar-refractivity contribution in [3.8, 4) is 0 Å². The van der Waals surface area contributed by atoms with E-state index in [0.29, 0.717) is 10.9 Å². The maximum Gasteiger partial charge on any atom is 0.253 e. The van der Waals surface area contributed by atoms with E-state index >= 15 is 0 Å². The van der Waals surface area contributed by atoms with Crippen molar-refractivity contribution in [3.63, 3.8) is 0 Å². The summed E-state index contributed by atoms with van der Waals surface area (Å²) < 4.78 is 0.340. The SMILES string of the molecule is CC(=O)C(C)SC(=S)ON(Cc1ccccc1)c1ccccc1. The molecule has 1 unspecified atom stereocenters. The lowest BCUT2D eigenvalue weighted by Crippen LogP contribution is -2.26. The Bertz CT molecular complexity index is 647. The minimum Gasteiger partial charge on any atom is -0.360 e. The van der Waals surface area contributed by atoms with E-state index in [1.54, 1.807) is 12.0 Å². The number of para-hydroxylation sites is 1. The highest BCUT2D eigenvalue weighted by atomic mass is 32.2. The smallest absolute Gasteiger partial charge is 0.253 e. The number of hydroxylamine groups is 1. The Hall–Kier alpha value is -1.85. The van der Waals surface area contributed by atoms with Gasteiger partial charge in [0.05, 0.1) is 17.5 Å². The van der Waals surface area contributed by atoms with Crippen LogP contribution < -0.4 is 5.06 Å². The van der Waals surface area contributed by atoms with Crippen LogP contribution in [0, 0.1) is 0 Å². The molecular weight excluding hydrogens is 326 g/mol. The predicted molar refractivity (Wildman–Crippen MR) is 100 cm³/mol. The highest BCUT2D eigenvalue weighted by Crippen LogP contribution is 2.22. The van der Waals surface area contributed by atoms with Gasteiger partial charge >= 0.3 is 0 Å². The fourth-order valence-electron chi connectivity index (χ4n) is 1.86. The molecule has 2 rings (SSSR count). The summed E-state index contributed by atoms with van der Waals surface area (Å²) in [5.41, 5.74) is 2.03. The van der Waals surface area contributed by atoms with Crippen LogP contribution in [0.3, 0.4) is 0 Å². The van der Waals surface area contributed by atoms with Gasteiger partial charge in [0.1, 0.15) is 5.78 Å². The van der Waals surface area contributed by atoms with Gasteiger partial charge in [0, 0.05) is 0 Å². The van der Waals surface area contributed by atoms with Crippen molar-refractivity contribution < 1.29 is 9.63 Å². The molecule has 3 nitrogen and oxygen atoms in total. The van der Waals surface area contributed by atoms with Crippen molar-refractivity contribution in [2.75, 3.05) is 5.06 Å². The maximum absolute atomic E-state index is 11.4. The highest BCUT2D eigenvalue weighted by molar-refractivity contribution is 8.23. The lowest BCUT2D eigenvalue weighted by molar-refractivity contribution is -0.116. The van der Waals surface area contributed by atoms with Gasteiger partial charge in [0.15, 0.2) is 0 Å². The lowest BCUT2D eigenvalue weighted by Gasteiger charge is -2.25. The molecule has 2 aromatic rings. The minimum atomic E-state index is -0.211. The molecule has 0 saturated carbocycles. The number of carbonyl (C=O) groups excluding carboxylic acids is 1. The number of carbonyl (C=O) groups is 1. The number of rotatable bonds is 6. The molecule has 0 N–H and O–H groups in total. The number of thioether (sulfide) groups is 1. The van der Waals surface area contributed by atoms with E-state index in [1.807, 2.05) is 67.6 Å². The number of anilines is 1. The Morgan fingerprint density at radius 1 is 1.13 bits per heavy atom. The molecule has 0 fully saturated rings. The van der Waals surface area contributed by atoms with Gasteiger partial charge in [-0.25, -0.2) is 5.06 Å². The summed E-state index contributed by atoms with van der Waals surface area (Å²) >= 11 is 6.55. The second-order valence-electron chi connectivity index (χ2n) is 5.07. The second-order valence-corrected chi connectivity index (χ2v) is 7.01. The lowest BCUT2D eigenvalue weighted by atomic mass is 10.2. The first-order chi connectivity index (χ1) is 11.1. The average Bonchev–Trinajstić information content (AvgIpc) is 2.56. The molecule has 5 heteroatoms. The summed E-state index contributed by atoms with van der Waals surface area (Å²) in [6.07, 6.45) is 0. The fraction of sp³-hybridized carbons (Fsp3) is 0.222. The topological polar surface area (TPSA) is 29.5 Å². The monoisotopic (exact) mass is 345 g/mol. The maximum atomic E-state index is 11.4. The molecule has 0 spiro atoms. The van der Waals surface area contributed by atoms with Crippen molar-refractivity contribution in [3.05, 3.63) is 66.2 Å². The Balaban J connectivity index is 2.11. The molecule has 0 radical (unpaired) electrons. The van der Waals surface area contributed by atoms with E-state index in [2.05, 4.69) is 0 Å². The number of nitrogens with zero attached hydrogens (tertiary/aromatic N) is 1. The Kier molecular flexibility index (Phi) is 6.62. The molecule has 0 saturated heterocycles. The third kappa shape index (κ3) is 5.69. The van der Waals surface area contributed by atoms with E-state index < -0.39 is 0 Å². The summed E-state index contributed by atoms with van der Waals surface area (Å²) in [5, 5.41) is 1.54. The standard InChI is InChI=1S/C18H19NO2S2/c1-14(20)15(2)23-18(22)21-19(17-11-7-4-8-12-17)13-16-9-5-3-6-10-16/h3-12,15H,13H2,1-2H3. The number of Topliss-reactive ketones (excluding diaryl/α,β-unsaturated/α-hetero) is 1. The zero-order valence-electron chi connectivity index (χ0n) is 13.1. The van der Waals surface area contributed by atoms with Crippen LogP contribution in [0.25, 0.3) is 0 Å². The number of thiocarbonyl (C=S) groups is 1. The molecule has 1 atom stereocenters. The van der Waals surface area contributed by atoms with Gasteiger partial charge in [-0.05, 0) is 43.8 Å². The van der Waals surface area contributed by atoms with Gasteiger partial charge in [-0.2, -0.15) is 0 Å². The molecule has 0 amide bonds. The third-order valence-corrected chi connectivity index (χ3v) is 4.56. The number of hydrogen-bond acceptors (Lipinski definition) is 5. The fourth-order valence-corrected chi connectivity index (χ4v) is 2.97. The van der Waals surface area contributed by atoms with Crippen LogP contribution in [-0.4, -0.2) is 15.4 Å². The van der Waals surface area contributed by atoms with E-state index in [0.717, 1.165) is 11.3 Å². The Morgan fingerprint density at radius 3 is 2.26 bits per heavy atom. The molecule has 0 aliphatic rings. The summed E-state index contributed by atoms with van der Waals surface area (Å²) in [6, 6.07) is 19.8. The predicted octanol–water partition coefficient (Wildman–Crippen LogP) is 4.62. The molecule has 0 aromatic heterocycles. The molecule has 0 bridgehead atoms. The first-order valence-corrected chi connectivity index (χ1v) is 8.60. The Morgan fingerprint density at radius 2 is 1.70 bits per heavy atom. The van der Waals surface area contributed by atoms with Gasteiger partial charge < -0.3 is 4.84 Å². The molecule has 0 aliphatic carbocycles. The zero-order valence-corrected chi connectivity index (χ0v) is 14.8. The van der Waals surface area contributed by atoms with Crippen molar-refractivity contribution in [1.29, 1.82) is 0 Å². The molecular formula is C18H19NO2S2. The number of hydrogen-bond donors (Lipinski definition) is 0. The second kappa shape index (κ2) is 8.70. The molecule has 0 heterocycles. The molecule has 2 aromatic carbocycles. The van der Waals surface area contributed by atoms with Crippen molar-refractivity contribution in [2.24, 2.45) is 0 Å². The van der Waals surface area contributed by atoms with Gasteiger partial charge in [-0.3, -0.25) is 4.79 Å². The minimum absolute atomic E-state index is 0.0790. The first kappa shape index (κ1) is 17.5. The summed E-state index contributed by atoms with van der Waals surface area (Å²) in [5.74, 6) is 0.0790. The van der Waals surface area contributed by atoms with Crippen molar-refractivity contribution in [1.82, 2.24) is 0 Å². The zero-order chi connectivity index (χ0) is 16.7. The average molecular weight is 345 g/mol. The summed E-state index contributed by atoms with van der Waals surface area (Å²) in [4.78, 5) is 17.2. The Labute approximate surface area is 146 Å². The van der Waals surface area contributed by atoms with Crippen molar-refractivity contribution >= 4 is 39.8 Å². The third-order valence-electron chi connectivity index (χ3n) is 3.24. The van der Waals surface area contributed by atoms with E-state index in [-0.39, 0.29) is 11.0 Å². The van der Waals surface area contributed by atoms with Gasteiger partial charge in [0.25, 0.3) is 4.38 Å². The number of ketones is 1. The van der Waals surface area contributed by atoms with Crippen LogP contribution >= 0.6 is 24.0 Å². The molecule has 23 heavy (non-hydrogen) atoms. The molecule has 120 valence electrons. The van der Waals surface area contributed by atoms with Gasteiger partial charge in [-0.15, -0.1) is 0 Å². The van der Waals surface area contributed by atoms with Crippen LogP contribution in [0.2, 0.25) is 0 Å². The van der Waals surface area contributed by atoms with Gasteiger partial charge in [0.2, 0.25) is 0 Å². The van der Waals surface area contributed by atoms with E-state index in [4.69, 9.17) is 17.1 Å². The summed E-state index contributed by atoms with van der Waals surface area (Å²) in [7, 11) is 0. The van der Waals surface area contributed by atoms with Crippen LogP contribution in [0.5, 0.6) is 0 Å².